The van der Waals surface area contributed by atoms with Crippen molar-refractivity contribution in [3.8, 4) is 0 Å². The Labute approximate surface area is 149 Å². The van der Waals surface area contributed by atoms with Gasteiger partial charge in [-0.2, -0.15) is 0 Å². The van der Waals surface area contributed by atoms with Crippen molar-refractivity contribution >= 4 is 11.6 Å². The standard InChI is InChI=1S/C21H26N2O2/c24-14-13-23(16-17-5-2-1-3-6-17)12-11-21(25)22-20-10-9-18-7-4-8-19(18)15-20/h1-3,5-6,9-10,15,24H,4,7-8,11-14,16H2,(H,22,25). The van der Waals surface area contributed by atoms with Crippen molar-refractivity contribution in [2.75, 3.05) is 25.0 Å². The van der Waals surface area contributed by atoms with E-state index in [4.69, 9.17) is 0 Å². The zero-order valence-corrected chi connectivity index (χ0v) is 14.6. The Bertz CT molecular complexity index is 700. The lowest BCUT2D eigenvalue weighted by molar-refractivity contribution is -0.116. The number of nitrogens with zero attached hydrogens (tertiary/aromatic N) is 1. The van der Waals surface area contributed by atoms with Gasteiger partial charge in [0.2, 0.25) is 5.91 Å². The first kappa shape index (κ1) is 17.6. The fraction of sp³-hybridized carbons (Fsp3) is 0.381. The molecule has 0 fully saturated rings. The topological polar surface area (TPSA) is 52.6 Å². The van der Waals surface area contributed by atoms with E-state index in [1.165, 1.54) is 23.1 Å². The van der Waals surface area contributed by atoms with Crippen molar-refractivity contribution < 1.29 is 9.90 Å². The Kier molecular flexibility index (Phi) is 6.20. The number of nitrogens with one attached hydrogen (secondary N) is 1. The zero-order valence-electron chi connectivity index (χ0n) is 14.6. The molecule has 0 unspecified atom stereocenters. The van der Waals surface area contributed by atoms with Gasteiger partial charge < -0.3 is 10.4 Å². The first-order valence-electron chi connectivity index (χ1n) is 9.03. The lowest BCUT2D eigenvalue weighted by Gasteiger charge is -2.21. The van der Waals surface area contributed by atoms with Crippen LogP contribution in [-0.2, 0) is 24.2 Å². The van der Waals surface area contributed by atoms with Gasteiger partial charge in [0.15, 0.2) is 0 Å². The monoisotopic (exact) mass is 338 g/mol. The predicted octanol–water partition coefficient (Wildman–Crippen LogP) is 3.00. The summed E-state index contributed by atoms with van der Waals surface area (Å²) in [5, 5.41) is 12.3. The molecule has 1 aliphatic rings. The minimum Gasteiger partial charge on any atom is -0.395 e. The van der Waals surface area contributed by atoms with Crippen LogP contribution in [-0.4, -0.2) is 35.6 Å². The summed E-state index contributed by atoms with van der Waals surface area (Å²) in [6.45, 7) is 2.04. The molecule has 1 amide bonds. The fourth-order valence-electron chi connectivity index (χ4n) is 3.39. The summed E-state index contributed by atoms with van der Waals surface area (Å²) in [5.74, 6) is 0.0222. The molecule has 4 nitrogen and oxygen atoms in total. The second-order valence-corrected chi connectivity index (χ2v) is 6.62. The maximum Gasteiger partial charge on any atom is 0.225 e. The maximum absolute atomic E-state index is 12.3. The molecule has 0 saturated heterocycles. The molecule has 0 spiro atoms. The second-order valence-electron chi connectivity index (χ2n) is 6.62. The van der Waals surface area contributed by atoms with Crippen LogP contribution in [0.3, 0.4) is 0 Å². The van der Waals surface area contributed by atoms with E-state index in [-0.39, 0.29) is 12.5 Å². The highest BCUT2D eigenvalue weighted by atomic mass is 16.3. The lowest BCUT2D eigenvalue weighted by atomic mass is 10.1. The van der Waals surface area contributed by atoms with Crippen molar-refractivity contribution in [1.29, 1.82) is 0 Å². The summed E-state index contributed by atoms with van der Waals surface area (Å²) in [6, 6.07) is 16.4. The average Bonchev–Trinajstić information content (AvgIpc) is 3.08. The van der Waals surface area contributed by atoms with Crippen LogP contribution in [0.5, 0.6) is 0 Å². The number of aliphatic hydroxyl groups is 1. The molecule has 132 valence electrons. The van der Waals surface area contributed by atoms with E-state index in [2.05, 4.69) is 34.5 Å². The summed E-state index contributed by atoms with van der Waals surface area (Å²) in [7, 11) is 0. The molecule has 0 heterocycles. The highest BCUT2D eigenvalue weighted by Crippen LogP contribution is 2.24. The Balaban J connectivity index is 1.51. The van der Waals surface area contributed by atoms with E-state index >= 15 is 0 Å². The highest BCUT2D eigenvalue weighted by molar-refractivity contribution is 5.91. The summed E-state index contributed by atoms with van der Waals surface area (Å²) < 4.78 is 0. The molecule has 1 aliphatic carbocycles. The number of hydrogen-bond acceptors (Lipinski definition) is 3. The summed E-state index contributed by atoms with van der Waals surface area (Å²) in [4.78, 5) is 14.4. The number of aliphatic hydroxyl groups excluding tert-OH is 1. The van der Waals surface area contributed by atoms with Crippen molar-refractivity contribution in [1.82, 2.24) is 4.90 Å². The van der Waals surface area contributed by atoms with Crippen molar-refractivity contribution in [3.63, 3.8) is 0 Å². The minimum absolute atomic E-state index is 0.0222. The van der Waals surface area contributed by atoms with Crippen LogP contribution in [0.2, 0.25) is 0 Å². The number of amides is 1. The number of hydrogen-bond donors (Lipinski definition) is 2. The Morgan fingerprint density at radius 2 is 1.84 bits per heavy atom. The van der Waals surface area contributed by atoms with Crippen LogP contribution < -0.4 is 5.32 Å². The van der Waals surface area contributed by atoms with Gasteiger partial charge in [0.25, 0.3) is 0 Å². The zero-order chi connectivity index (χ0) is 17.5. The third kappa shape index (κ3) is 5.15. The average molecular weight is 338 g/mol. The van der Waals surface area contributed by atoms with Crippen LogP contribution in [0.4, 0.5) is 5.69 Å². The molecule has 0 radical (unpaired) electrons. The predicted molar refractivity (Wildman–Crippen MR) is 101 cm³/mol. The number of carbonyl (C=O) groups excluding carboxylic acids is 1. The van der Waals surface area contributed by atoms with Crippen molar-refractivity contribution in [2.45, 2.75) is 32.2 Å². The van der Waals surface area contributed by atoms with Gasteiger partial charge in [0, 0.05) is 31.7 Å². The molecule has 3 rings (SSSR count). The van der Waals surface area contributed by atoms with E-state index in [0.29, 0.717) is 19.5 Å². The van der Waals surface area contributed by atoms with Gasteiger partial charge in [0.1, 0.15) is 0 Å². The van der Waals surface area contributed by atoms with Crippen LogP contribution in [0.15, 0.2) is 48.5 Å². The van der Waals surface area contributed by atoms with E-state index in [1.54, 1.807) is 0 Å². The van der Waals surface area contributed by atoms with Crippen LogP contribution in [0, 0.1) is 0 Å². The molecule has 0 bridgehead atoms. The molecule has 25 heavy (non-hydrogen) atoms. The van der Waals surface area contributed by atoms with Crippen LogP contribution in [0.1, 0.15) is 29.5 Å². The Morgan fingerprint density at radius 1 is 1.04 bits per heavy atom. The third-order valence-corrected chi connectivity index (χ3v) is 4.70. The number of anilines is 1. The second kappa shape index (κ2) is 8.79. The first-order valence-corrected chi connectivity index (χ1v) is 9.03. The lowest BCUT2D eigenvalue weighted by Crippen LogP contribution is -2.30. The summed E-state index contributed by atoms with van der Waals surface area (Å²) in [6.07, 6.45) is 3.89. The Morgan fingerprint density at radius 3 is 2.64 bits per heavy atom. The Hall–Kier alpha value is -2.17. The summed E-state index contributed by atoms with van der Waals surface area (Å²) >= 11 is 0. The van der Waals surface area contributed by atoms with E-state index < -0.39 is 0 Å². The highest BCUT2D eigenvalue weighted by Gasteiger charge is 2.13. The number of aryl methyl sites for hydroxylation is 2. The number of fused-ring (bicyclic) bond motifs is 1. The third-order valence-electron chi connectivity index (χ3n) is 4.70. The normalized spacial score (nSPS) is 13.0. The molecular weight excluding hydrogens is 312 g/mol. The van der Waals surface area contributed by atoms with Crippen molar-refractivity contribution in [3.05, 3.63) is 65.2 Å². The molecule has 0 saturated carbocycles. The van der Waals surface area contributed by atoms with Gasteiger partial charge in [0.05, 0.1) is 6.61 Å². The number of rotatable bonds is 8. The first-order chi connectivity index (χ1) is 12.2. The molecule has 2 aromatic carbocycles. The molecule has 0 atom stereocenters. The van der Waals surface area contributed by atoms with Gasteiger partial charge >= 0.3 is 0 Å². The quantitative estimate of drug-likeness (QED) is 0.778. The maximum atomic E-state index is 12.3. The van der Waals surface area contributed by atoms with E-state index in [9.17, 15) is 9.90 Å². The smallest absolute Gasteiger partial charge is 0.225 e. The molecule has 0 aliphatic heterocycles. The van der Waals surface area contributed by atoms with Crippen molar-refractivity contribution in [2.24, 2.45) is 0 Å². The molecule has 2 aromatic rings. The van der Waals surface area contributed by atoms with Gasteiger partial charge in [-0.3, -0.25) is 9.69 Å². The van der Waals surface area contributed by atoms with Gasteiger partial charge in [-0.1, -0.05) is 36.4 Å². The van der Waals surface area contributed by atoms with Gasteiger partial charge in [-0.05, 0) is 48.1 Å². The fourth-order valence-corrected chi connectivity index (χ4v) is 3.39. The van der Waals surface area contributed by atoms with Gasteiger partial charge in [-0.25, -0.2) is 0 Å². The number of benzene rings is 2. The molecule has 4 heteroatoms. The SMILES string of the molecule is O=C(CCN(CCO)Cc1ccccc1)Nc1ccc2c(c1)CCC2. The van der Waals surface area contributed by atoms with E-state index in [1.807, 2.05) is 24.3 Å². The molecule has 0 aromatic heterocycles. The van der Waals surface area contributed by atoms with Crippen LogP contribution >= 0.6 is 0 Å². The number of carbonyl (C=O) groups is 1. The van der Waals surface area contributed by atoms with Crippen LogP contribution in [0.25, 0.3) is 0 Å². The van der Waals surface area contributed by atoms with E-state index in [0.717, 1.165) is 25.1 Å². The largest absolute Gasteiger partial charge is 0.395 e. The molecule has 2 N–H and O–H groups in total. The molecular formula is C21H26N2O2. The minimum atomic E-state index is 0.0222. The summed E-state index contributed by atoms with van der Waals surface area (Å²) in [5.41, 5.74) is 4.86. The van der Waals surface area contributed by atoms with Gasteiger partial charge in [-0.15, -0.1) is 0 Å².